The van der Waals surface area contributed by atoms with Crippen LogP contribution in [0.15, 0.2) is 63.5 Å². The van der Waals surface area contributed by atoms with E-state index in [0.29, 0.717) is 21.3 Å². The fourth-order valence-electron chi connectivity index (χ4n) is 3.66. The van der Waals surface area contributed by atoms with Gasteiger partial charge in [0.25, 0.3) is 0 Å². The second-order valence-corrected chi connectivity index (χ2v) is 12.0. The largest absolute Gasteiger partial charge is 0.465 e. The van der Waals surface area contributed by atoms with Gasteiger partial charge in [-0.2, -0.15) is 0 Å². The molecule has 1 aliphatic heterocycles. The van der Waals surface area contributed by atoms with Gasteiger partial charge in [0.1, 0.15) is 17.5 Å². The molecule has 1 heterocycles. The molecule has 0 spiro atoms. The second-order valence-electron chi connectivity index (χ2n) is 10.3. The van der Waals surface area contributed by atoms with Crippen molar-refractivity contribution in [1.82, 2.24) is 5.32 Å². The van der Waals surface area contributed by atoms with Gasteiger partial charge in [-0.3, -0.25) is 0 Å². The number of rotatable bonds is 4. The molecule has 0 aromatic heterocycles. The first-order valence-electron chi connectivity index (χ1n) is 12.7. The van der Waals surface area contributed by atoms with E-state index >= 15 is 0 Å². The molecule has 3 aromatic carbocycles. The smallest absolute Gasteiger partial charge is 0.337 e. The number of anilines is 1. The van der Waals surface area contributed by atoms with Crippen LogP contribution in [0.5, 0.6) is 0 Å². The van der Waals surface area contributed by atoms with Crippen LogP contribution < -0.4 is 10.2 Å². The molecule has 0 bridgehead atoms. The summed E-state index contributed by atoms with van der Waals surface area (Å²) in [4.78, 5) is 12.9. The molecule has 6 nitrogen and oxygen atoms in total. The first-order valence-corrected chi connectivity index (χ1v) is 14.3. The zero-order chi connectivity index (χ0) is 31.0. The van der Waals surface area contributed by atoms with Crippen LogP contribution in [-0.2, 0) is 15.9 Å². The van der Waals surface area contributed by atoms with Crippen molar-refractivity contribution >= 4 is 43.5 Å². The van der Waals surface area contributed by atoms with E-state index in [4.69, 9.17) is 0 Å². The van der Waals surface area contributed by atoms with Crippen molar-refractivity contribution in [3.8, 4) is 0 Å². The third-order valence-corrected chi connectivity index (χ3v) is 7.29. The molecule has 1 fully saturated rings. The lowest BCUT2D eigenvalue weighted by Gasteiger charge is -2.31. The predicted octanol–water partition coefficient (Wildman–Crippen LogP) is 7.29. The van der Waals surface area contributed by atoms with Gasteiger partial charge in [-0.25, -0.2) is 18.0 Å². The molecule has 0 amide bonds. The number of methoxy groups -OCH3 is 1. The minimum absolute atomic E-state index is 0. The van der Waals surface area contributed by atoms with Crippen molar-refractivity contribution < 1.29 is 32.9 Å². The van der Waals surface area contributed by atoms with Gasteiger partial charge in [0.2, 0.25) is 0 Å². The number of aliphatic hydroxyl groups is 2. The topological polar surface area (TPSA) is 82.0 Å². The van der Waals surface area contributed by atoms with Gasteiger partial charge < -0.3 is 25.2 Å². The Hall–Kier alpha value is -2.44. The molecule has 3 N–H and O–H groups in total. The van der Waals surface area contributed by atoms with Crippen LogP contribution in [0.3, 0.4) is 0 Å². The molecule has 0 saturated carbocycles. The molecule has 232 valence electrons. The summed E-state index contributed by atoms with van der Waals surface area (Å²) in [6.45, 7) is 10.1. The Morgan fingerprint density at radius 1 is 0.810 bits per heavy atom. The third-order valence-electron chi connectivity index (χ3n) is 6.08. The summed E-state index contributed by atoms with van der Waals surface area (Å²) in [5, 5.41) is 22.7. The Bertz CT molecular complexity index is 1320. The minimum Gasteiger partial charge on any atom is -0.465 e. The lowest BCUT2D eigenvalue weighted by molar-refractivity contribution is 0.0600. The normalized spacial score (nSPS) is 13.1. The zero-order valence-corrected chi connectivity index (χ0v) is 26.7. The number of ether oxygens (including phenoxy) is 1. The average Bonchev–Trinajstić information content (AvgIpc) is 2.91. The highest BCUT2D eigenvalue weighted by Crippen LogP contribution is 2.28. The Morgan fingerprint density at radius 3 is 1.71 bits per heavy atom. The molecular weight excluding hydrogens is 681 g/mol. The molecule has 0 aliphatic carbocycles. The first-order chi connectivity index (χ1) is 19.0. The number of nitrogens with one attached hydrogen (secondary N) is 1. The molecule has 11 heteroatoms. The Labute approximate surface area is 263 Å². The van der Waals surface area contributed by atoms with Crippen LogP contribution >= 0.6 is 31.9 Å². The van der Waals surface area contributed by atoms with Gasteiger partial charge in [-0.05, 0) is 113 Å². The molecule has 3 aromatic rings. The summed E-state index contributed by atoms with van der Waals surface area (Å²) >= 11 is 6.01. The summed E-state index contributed by atoms with van der Waals surface area (Å²) < 4.78 is 44.3. The SMILES string of the molecule is C.CC(C)(O)c1ccc(F)c(Br)c1.CC(C)(O)c1ccc(F)c(N2CCNCC2)c1.COC(=O)c1ccc(F)c(Br)c1. The highest BCUT2D eigenvalue weighted by molar-refractivity contribution is 9.10. The fraction of sp³-hybridized carbons (Fsp3) is 0.387. The molecule has 0 radical (unpaired) electrons. The highest BCUT2D eigenvalue weighted by atomic mass is 79.9. The van der Waals surface area contributed by atoms with Crippen LogP contribution in [0.1, 0.15) is 56.6 Å². The van der Waals surface area contributed by atoms with E-state index in [-0.39, 0.29) is 23.5 Å². The molecule has 42 heavy (non-hydrogen) atoms. The van der Waals surface area contributed by atoms with E-state index in [9.17, 15) is 28.2 Å². The van der Waals surface area contributed by atoms with Crippen LogP contribution in [0.25, 0.3) is 0 Å². The van der Waals surface area contributed by atoms with E-state index in [0.717, 1.165) is 31.7 Å². The van der Waals surface area contributed by atoms with E-state index in [1.54, 1.807) is 52.0 Å². The van der Waals surface area contributed by atoms with Gasteiger partial charge >= 0.3 is 5.97 Å². The Balaban J connectivity index is 0.000000319. The molecular formula is C31H39Br2F3N2O4. The summed E-state index contributed by atoms with van der Waals surface area (Å²) in [5.74, 6) is -1.42. The van der Waals surface area contributed by atoms with Crippen LogP contribution in [0.2, 0.25) is 0 Å². The van der Waals surface area contributed by atoms with Gasteiger partial charge in [0, 0.05) is 26.2 Å². The van der Waals surface area contributed by atoms with Crippen LogP contribution in [0.4, 0.5) is 18.9 Å². The monoisotopic (exact) mass is 718 g/mol. The minimum atomic E-state index is -0.934. The lowest BCUT2D eigenvalue weighted by Crippen LogP contribution is -2.44. The third kappa shape index (κ3) is 11.3. The maximum absolute atomic E-state index is 13.8. The van der Waals surface area contributed by atoms with E-state index in [1.165, 1.54) is 37.4 Å². The van der Waals surface area contributed by atoms with Crippen molar-refractivity contribution in [1.29, 1.82) is 0 Å². The number of hydrogen-bond acceptors (Lipinski definition) is 6. The number of carbonyl (C=O) groups excluding carboxylic acids is 1. The average molecular weight is 720 g/mol. The van der Waals surface area contributed by atoms with Gasteiger partial charge in [-0.15, -0.1) is 0 Å². The number of nitrogens with zero attached hydrogens (tertiary/aromatic N) is 1. The van der Waals surface area contributed by atoms with E-state index < -0.39 is 23.0 Å². The highest BCUT2D eigenvalue weighted by Gasteiger charge is 2.21. The predicted molar refractivity (Wildman–Crippen MR) is 168 cm³/mol. The van der Waals surface area contributed by atoms with Crippen molar-refractivity contribution in [2.24, 2.45) is 0 Å². The quantitative estimate of drug-likeness (QED) is 0.246. The summed E-state index contributed by atoms with van der Waals surface area (Å²) in [7, 11) is 1.28. The maximum Gasteiger partial charge on any atom is 0.337 e. The standard InChI is InChI=1S/C13H19FN2O.C9H10BrFO.C8H6BrFO2.CH4/c1-13(2,17)10-3-4-11(14)12(9-10)16-7-5-15-6-8-16;1-9(2,12)6-3-4-8(11)7(10)5-6;1-12-8(11)5-2-3-7(10)6(9)4-5;/h3-4,9,15,17H,5-8H2,1-2H3;3-5,12H,1-2H3;2-4H,1H3;1H4. The van der Waals surface area contributed by atoms with Crippen molar-refractivity contribution in [3.05, 3.63) is 97.7 Å². The van der Waals surface area contributed by atoms with E-state index in [2.05, 4.69) is 41.9 Å². The lowest BCUT2D eigenvalue weighted by atomic mass is 9.97. The molecule has 1 aliphatic rings. The van der Waals surface area contributed by atoms with Crippen molar-refractivity contribution in [2.45, 2.75) is 46.3 Å². The number of halogens is 5. The Morgan fingerprint density at radius 2 is 1.26 bits per heavy atom. The molecule has 4 rings (SSSR count). The Kier molecular flexibility index (Phi) is 14.7. The van der Waals surface area contributed by atoms with E-state index in [1.807, 2.05) is 4.90 Å². The summed E-state index contributed by atoms with van der Waals surface area (Å²) in [5.41, 5.74) is 0.493. The van der Waals surface area contributed by atoms with Crippen LogP contribution in [0, 0.1) is 17.5 Å². The molecule has 0 unspecified atom stereocenters. The first kappa shape index (κ1) is 37.6. The number of benzene rings is 3. The number of hydrogen-bond donors (Lipinski definition) is 3. The number of piperazine rings is 1. The van der Waals surface area contributed by atoms with Gasteiger partial charge in [0.15, 0.2) is 0 Å². The summed E-state index contributed by atoms with van der Waals surface area (Å²) in [6.07, 6.45) is 0. The van der Waals surface area contributed by atoms with Gasteiger partial charge in [-0.1, -0.05) is 19.6 Å². The zero-order valence-electron chi connectivity index (χ0n) is 23.6. The van der Waals surface area contributed by atoms with Gasteiger partial charge in [0.05, 0.1) is 38.5 Å². The summed E-state index contributed by atoms with van der Waals surface area (Å²) in [6, 6.07) is 13.3. The molecule has 1 saturated heterocycles. The van der Waals surface area contributed by atoms with Crippen LogP contribution in [-0.4, -0.2) is 49.5 Å². The second kappa shape index (κ2) is 16.4. The molecule has 0 atom stereocenters. The van der Waals surface area contributed by atoms with Crippen molar-refractivity contribution in [3.63, 3.8) is 0 Å². The number of carbonyl (C=O) groups is 1. The van der Waals surface area contributed by atoms with Crippen molar-refractivity contribution in [2.75, 3.05) is 38.2 Å². The number of esters is 1. The maximum atomic E-state index is 13.8. The fourth-order valence-corrected chi connectivity index (χ4v) is 4.42.